The molecular weight excluding hydrogens is 370 g/mol. The van der Waals surface area contributed by atoms with Gasteiger partial charge in [-0.25, -0.2) is 0 Å². The number of nitrogens with zero attached hydrogens (tertiary/aromatic N) is 4. The average Bonchev–Trinajstić information content (AvgIpc) is 3.17. The molecule has 0 radical (unpaired) electrons. The van der Waals surface area contributed by atoms with Gasteiger partial charge in [-0.3, -0.25) is 14.0 Å². The molecule has 4 aromatic rings. The lowest BCUT2D eigenvalue weighted by atomic mass is 10.1. The number of amides is 1. The Morgan fingerprint density at radius 3 is 2.69 bits per heavy atom. The Balaban J connectivity index is 1.71. The van der Waals surface area contributed by atoms with E-state index in [-0.39, 0.29) is 17.5 Å². The molecule has 8 heteroatoms. The van der Waals surface area contributed by atoms with Gasteiger partial charge in [0.05, 0.1) is 18.2 Å². The number of carbonyl (C=O) groups is 1. The van der Waals surface area contributed by atoms with E-state index in [9.17, 15) is 9.59 Å². The third-order valence-corrected chi connectivity index (χ3v) is 4.85. The molecule has 0 saturated carbocycles. The fraction of sp³-hybridized carbons (Fsp3) is 0.238. The molecule has 3 heterocycles. The van der Waals surface area contributed by atoms with Crippen LogP contribution in [0.1, 0.15) is 29.1 Å². The van der Waals surface area contributed by atoms with Crippen LogP contribution in [0.15, 0.2) is 59.7 Å². The molecule has 1 N–H and O–H groups in total. The molecule has 0 aliphatic rings. The summed E-state index contributed by atoms with van der Waals surface area (Å²) in [5.41, 5.74) is 0.991. The van der Waals surface area contributed by atoms with Crippen LogP contribution in [0.3, 0.4) is 0 Å². The van der Waals surface area contributed by atoms with E-state index in [2.05, 4.69) is 15.5 Å². The quantitative estimate of drug-likeness (QED) is 0.544. The maximum atomic E-state index is 13.1. The summed E-state index contributed by atoms with van der Waals surface area (Å²) in [6.45, 7) is 2.59. The number of pyridine rings is 2. The molecule has 4 rings (SSSR count). The van der Waals surface area contributed by atoms with E-state index in [1.54, 1.807) is 31.5 Å². The van der Waals surface area contributed by atoms with E-state index in [1.165, 1.54) is 4.57 Å². The Morgan fingerprint density at radius 1 is 1.14 bits per heavy atom. The van der Waals surface area contributed by atoms with Crippen LogP contribution in [-0.4, -0.2) is 38.8 Å². The largest absolute Gasteiger partial charge is 0.383 e. The number of ether oxygens (including phenoxy) is 1. The highest BCUT2D eigenvalue weighted by molar-refractivity contribution is 6.06. The monoisotopic (exact) mass is 391 g/mol. The van der Waals surface area contributed by atoms with Crippen molar-refractivity contribution in [2.45, 2.75) is 19.5 Å². The number of hydrogen-bond acceptors (Lipinski definition) is 5. The molecule has 0 saturated heterocycles. The molecule has 0 unspecified atom stereocenters. The fourth-order valence-corrected chi connectivity index (χ4v) is 3.37. The van der Waals surface area contributed by atoms with Gasteiger partial charge in [-0.05, 0) is 25.1 Å². The third kappa shape index (κ3) is 3.50. The predicted molar refractivity (Wildman–Crippen MR) is 109 cm³/mol. The number of benzene rings is 1. The Bertz CT molecular complexity index is 1240. The van der Waals surface area contributed by atoms with E-state index in [4.69, 9.17) is 4.74 Å². The van der Waals surface area contributed by atoms with Crippen molar-refractivity contribution < 1.29 is 9.53 Å². The highest BCUT2D eigenvalue weighted by Crippen LogP contribution is 2.18. The smallest absolute Gasteiger partial charge is 0.258 e. The minimum absolute atomic E-state index is 0.148. The van der Waals surface area contributed by atoms with Gasteiger partial charge in [-0.2, -0.15) is 0 Å². The van der Waals surface area contributed by atoms with Crippen molar-refractivity contribution in [1.29, 1.82) is 0 Å². The number of methoxy groups -OCH3 is 1. The highest BCUT2D eigenvalue weighted by atomic mass is 16.5. The van der Waals surface area contributed by atoms with Crippen molar-refractivity contribution in [3.8, 4) is 0 Å². The second-order valence-electron chi connectivity index (χ2n) is 6.76. The van der Waals surface area contributed by atoms with Gasteiger partial charge in [0.25, 0.3) is 11.5 Å². The van der Waals surface area contributed by atoms with E-state index >= 15 is 0 Å². The molecule has 0 bridgehead atoms. The molecule has 8 nitrogen and oxygen atoms in total. The van der Waals surface area contributed by atoms with Crippen molar-refractivity contribution in [3.63, 3.8) is 0 Å². The lowest BCUT2D eigenvalue weighted by Crippen LogP contribution is -2.31. The van der Waals surface area contributed by atoms with Gasteiger partial charge >= 0.3 is 0 Å². The number of nitrogens with one attached hydrogen (secondary N) is 1. The Labute approximate surface area is 166 Å². The van der Waals surface area contributed by atoms with Gasteiger partial charge in [-0.1, -0.05) is 24.3 Å². The number of fused-ring (bicyclic) bond motifs is 2. The molecule has 1 aromatic carbocycles. The van der Waals surface area contributed by atoms with Gasteiger partial charge in [0, 0.05) is 36.8 Å². The van der Waals surface area contributed by atoms with Gasteiger partial charge in [0.2, 0.25) is 0 Å². The number of carbonyl (C=O) groups excluding carboxylic acids is 1. The standard InChI is InChI=1S/C21H21N5O3/c1-14(19-24-23-18-9-5-6-10-26(18)19)22-20(27)17-13-25(11-12-29-2)21(28)16-8-4-3-7-15(16)17/h3-10,13-14H,11-12H2,1-2H3,(H,22,27)/t14-/m0/s1. The molecule has 0 aliphatic heterocycles. The summed E-state index contributed by atoms with van der Waals surface area (Å²) in [6.07, 6.45) is 3.45. The van der Waals surface area contributed by atoms with E-state index in [1.807, 2.05) is 41.8 Å². The summed E-state index contributed by atoms with van der Waals surface area (Å²) in [6, 6.07) is 12.4. The summed E-state index contributed by atoms with van der Waals surface area (Å²) in [5.74, 6) is 0.346. The average molecular weight is 391 g/mol. The minimum atomic E-state index is -0.377. The normalized spacial score (nSPS) is 12.3. The van der Waals surface area contributed by atoms with Gasteiger partial charge < -0.3 is 14.6 Å². The molecular formula is C21H21N5O3. The molecule has 29 heavy (non-hydrogen) atoms. The van der Waals surface area contributed by atoms with Crippen molar-refractivity contribution in [1.82, 2.24) is 24.5 Å². The van der Waals surface area contributed by atoms with Crippen LogP contribution in [0.2, 0.25) is 0 Å². The van der Waals surface area contributed by atoms with Crippen molar-refractivity contribution in [2.75, 3.05) is 13.7 Å². The second kappa shape index (κ2) is 7.84. The first-order chi connectivity index (χ1) is 14.1. The molecule has 0 spiro atoms. The number of hydrogen-bond donors (Lipinski definition) is 1. The van der Waals surface area contributed by atoms with Crippen LogP contribution in [0.5, 0.6) is 0 Å². The SMILES string of the molecule is COCCn1cc(C(=O)N[C@@H](C)c2nnc3ccccn23)c2ccccc2c1=O. The van der Waals surface area contributed by atoms with E-state index in [0.29, 0.717) is 41.0 Å². The second-order valence-corrected chi connectivity index (χ2v) is 6.76. The van der Waals surface area contributed by atoms with E-state index < -0.39 is 0 Å². The Hall–Kier alpha value is -3.52. The molecule has 1 amide bonds. The van der Waals surface area contributed by atoms with E-state index in [0.717, 1.165) is 0 Å². The van der Waals surface area contributed by atoms with Gasteiger partial charge in [0.1, 0.15) is 0 Å². The zero-order chi connectivity index (χ0) is 20.4. The molecule has 3 aromatic heterocycles. The van der Waals surface area contributed by atoms with Crippen LogP contribution in [0.25, 0.3) is 16.4 Å². The summed E-state index contributed by atoms with van der Waals surface area (Å²) < 4.78 is 8.44. The minimum Gasteiger partial charge on any atom is -0.383 e. The number of rotatable bonds is 6. The van der Waals surface area contributed by atoms with Crippen LogP contribution >= 0.6 is 0 Å². The van der Waals surface area contributed by atoms with Crippen LogP contribution in [-0.2, 0) is 11.3 Å². The van der Waals surface area contributed by atoms with Crippen LogP contribution in [0.4, 0.5) is 0 Å². The van der Waals surface area contributed by atoms with Gasteiger partial charge in [0.15, 0.2) is 11.5 Å². The molecule has 0 aliphatic carbocycles. The maximum Gasteiger partial charge on any atom is 0.258 e. The van der Waals surface area contributed by atoms with Crippen molar-refractivity contribution in [3.05, 3.63) is 76.6 Å². The lowest BCUT2D eigenvalue weighted by molar-refractivity contribution is 0.0938. The first kappa shape index (κ1) is 18.8. The molecule has 0 fully saturated rings. The summed E-state index contributed by atoms with van der Waals surface area (Å²) in [5, 5.41) is 12.4. The summed E-state index contributed by atoms with van der Waals surface area (Å²) in [4.78, 5) is 25.8. The maximum absolute atomic E-state index is 13.1. The highest BCUT2D eigenvalue weighted by Gasteiger charge is 2.19. The molecule has 1 atom stereocenters. The zero-order valence-electron chi connectivity index (χ0n) is 16.2. The van der Waals surface area contributed by atoms with Crippen LogP contribution < -0.4 is 10.9 Å². The summed E-state index contributed by atoms with van der Waals surface area (Å²) in [7, 11) is 1.57. The fourth-order valence-electron chi connectivity index (χ4n) is 3.37. The molecule has 148 valence electrons. The van der Waals surface area contributed by atoms with Gasteiger partial charge in [-0.15, -0.1) is 10.2 Å². The zero-order valence-corrected chi connectivity index (χ0v) is 16.2. The Kier molecular flexibility index (Phi) is 5.09. The third-order valence-electron chi connectivity index (χ3n) is 4.85. The first-order valence-corrected chi connectivity index (χ1v) is 9.32. The lowest BCUT2D eigenvalue weighted by Gasteiger charge is -2.15. The van der Waals surface area contributed by atoms with Crippen molar-refractivity contribution in [2.24, 2.45) is 0 Å². The first-order valence-electron chi connectivity index (χ1n) is 9.32. The van der Waals surface area contributed by atoms with Crippen LogP contribution in [0, 0.1) is 0 Å². The topological polar surface area (TPSA) is 90.5 Å². The van der Waals surface area contributed by atoms with Crippen molar-refractivity contribution >= 4 is 22.3 Å². The summed E-state index contributed by atoms with van der Waals surface area (Å²) >= 11 is 0. The predicted octanol–water partition coefficient (Wildman–Crippen LogP) is 2.18. The Morgan fingerprint density at radius 2 is 1.90 bits per heavy atom. The number of aromatic nitrogens is 4.